The van der Waals surface area contributed by atoms with Crippen molar-refractivity contribution in [3.05, 3.63) is 12.2 Å². The van der Waals surface area contributed by atoms with Crippen LogP contribution in [0.25, 0.3) is 0 Å². The maximum absolute atomic E-state index is 13.6. The molecule has 40 nitrogen and oxygen atoms in total. The number of aliphatic hydroxyl groups is 17. The van der Waals surface area contributed by atoms with Gasteiger partial charge in [-0.1, -0.05) is 83.3 Å². The van der Waals surface area contributed by atoms with Crippen molar-refractivity contribution in [3.8, 4) is 0 Å². The Morgan fingerprint density at radius 3 is 1.33 bits per heavy atom. The van der Waals surface area contributed by atoms with Gasteiger partial charge in [0, 0.05) is 40.0 Å². The Hall–Kier alpha value is -4.56. The number of carboxylic acid groups (broad SMARTS) is 3. The van der Waals surface area contributed by atoms with E-state index in [4.69, 9.17) is 53.1 Å². The fourth-order valence-electron chi connectivity index (χ4n) is 13.1. The second kappa shape index (κ2) is 41.1. The van der Waals surface area contributed by atoms with Gasteiger partial charge in [0.15, 0.2) is 12.6 Å². The molecule has 0 aromatic carbocycles. The molecule has 0 aliphatic carbocycles. The van der Waals surface area contributed by atoms with Crippen LogP contribution in [0.4, 0.5) is 0 Å². The zero-order chi connectivity index (χ0) is 77.0. The Labute approximate surface area is 592 Å². The number of nitrogens with one attached hydrogen (secondary N) is 3. The summed E-state index contributed by atoms with van der Waals surface area (Å²) in [5, 5.41) is 228. The zero-order valence-corrected chi connectivity index (χ0v) is 57.6. The van der Waals surface area contributed by atoms with Crippen LogP contribution in [0.3, 0.4) is 0 Å². The number of unbranched alkanes of at least 4 members (excludes halogenated alkanes) is 11. The molecule has 5 saturated heterocycles. The molecule has 5 heterocycles. The molecule has 596 valence electrons. The van der Waals surface area contributed by atoms with Crippen LogP contribution < -0.4 is 21.7 Å². The van der Waals surface area contributed by atoms with Gasteiger partial charge in [-0.25, -0.2) is 14.4 Å². The SMILES string of the molecule is CCCCCCCCCCCCC/C=C/[C@@H](O)[C@@H](N)CO[C@@H]1O[C@H](CO)[C@@H](O[C@@H]2O[C@H](CO)[C@H](O)[C@H](O[C@]3(C(=O)O)C[C@H](O)[C@@H](NC(C)=O)[C@H]([C@H](O)[C@@H](CO)O[C@]4(C(=O)O)C[C@H](O)[C@@H](NC(C)=O)[C@H]([C@H](O)[C@@H](CO)O[C@]5(C(=O)O)C[C@H](O)[C@@H](NC(C)=O)[C@H]([C@H](O)[C@H](O)CO)O5)O4)O3)[C@H]2O)[C@H](O)[C@H]1O. The van der Waals surface area contributed by atoms with Gasteiger partial charge in [-0.3, -0.25) is 14.4 Å². The monoisotopic (exact) mass is 1500 g/mol. The zero-order valence-electron chi connectivity index (χ0n) is 57.6. The lowest BCUT2D eigenvalue weighted by atomic mass is 9.86. The van der Waals surface area contributed by atoms with Gasteiger partial charge < -0.3 is 171 Å². The maximum Gasteiger partial charge on any atom is 0.364 e. The number of carbonyl (C=O) groups excluding carboxylic acids is 3. The van der Waals surface area contributed by atoms with Gasteiger partial charge in [0.1, 0.15) is 104 Å². The Kier molecular flexibility index (Phi) is 35.6. The van der Waals surface area contributed by atoms with Crippen molar-refractivity contribution in [1.82, 2.24) is 16.0 Å². The minimum atomic E-state index is -3.56. The molecule has 0 spiro atoms. The summed E-state index contributed by atoms with van der Waals surface area (Å²) in [4.78, 5) is 77.9. The van der Waals surface area contributed by atoms with E-state index in [1.165, 1.54) is 51.0 Å². The van der Waals surface area contributed by atoms with Crippen molar-refractivity contribution in [2.24, 2.45) is 5.73 Å². The molecule has 5 aliphatic rings. The van der Waals surface area contributed by atoms with Crippen molar-refractivity contribution in [3.63, 3.8) is 0 Å². The van der Waals surface area contributed by atoms with E-state index >= 15 is 0 Å². The molecule has 25 N–H and O–H groups in total. The minimum Gasteiger partial charge on any atom is -0.477 e. The Morgan fingerprint density at radius 1 is 0.515 bits per heavy atom. The molecule has 0 aromatic rings. The van der Waals surface area contributed by atoms with Gasteiger partial charge in [0.25, 0.3) is 17.4 Å². The molecule has 0 aromatic heterocycles. The lowest BCUT2D eigenvalue weighted by Crippen LogP contribution is -2.72. The van der Waals surface area contributed by atoms with Crippen LogP contribution in [-0.4, -0.2) is 360 Å². The number of rotatable bonds is 42. The molecule has 5 rings (SSSR count). The van der Waals surface area contributed by atoms with Crippen molar-refractivity contribution in [2.75, 3.05) is 39.6 Å². The Morgan fingerprint density at radius 2 is 0.922 bits per heavy atom. The average molecular weight is 1500 g/mol. The molecule has 0 unspecified atom stereocenters. The highest BCUT2D eigenvalue weighted by Crippen LogP contribution is 2.42. The third-order valence-corrected chi connectivity index (χ3v) is 18.7. The van der Waals surface area contributed by atoms with Crippen LogP contribution in [-0.2, 0) is 76.1 Å². The summed E-state index contributed by atoms with van der Waals surface area (Å²) in [6, 6.07) is -6.94. The van der Waals surface area contributed by atoms with Crippen molar-refractivity contribution < 1.29 is 178 Å². The molecule has 0 radical (unpaired) electrons. The van der Waals surface area contributed by atoms with Crippen LogP contribution in [0.2, 0.25) is 0 Å². The predicted octanol–water partition coefficient (Wildman–Crippen LogP) is -8.91. The van der Waals surface area contributed by atoms with Crippen molar-refractivity contribution >= 4 is 35.6 Å². The van der Waals surface area contributed by atoms with Gasteiger partial charge >= 0.3 is 17.9 Å². The molecule has 0 bridgehead atoms. The third kappa shape index (κ3) is 23.0. The van der Waals surface area contributed by atoms with E-state index in [2.05, 4.69) is 22.9 Å². The number of carboxylic acids is 3. The summed E-state index contributed by atoms with van der Waals surface area (Å²) in [5.41, 5.74) is 6.17. The lowest BCUT2D eigenvalue weighted by Gasteiger charge is -2.51. The summed E-state index contributed by atoms with van der Waals surface area (Å²) in [6.45, 7) is -2.17. The van der Waals surface area contributed by atoms with E-state index in [1.807, 2.05) is 0 Å². The lowest BCUT2D eigenvalue weighted by molar-refractivity contribution is -0.388. The third-order valence-electron chi connectivity index (χ3n) is 18.7. The molecular formula is C63H108N4O36. The molecule has 3 amide bonds. The second-order valence-electron chi connectivity index (χ2n) is 26.7. The number of hydrogen-bond acceptors (Lipinski definition) is 34. The summed E-state index contributed by atoms with van der Waals surface area (Å²) in [6.07, 6.45) is -38.5. The molecule has 40 heteroatoms. The molecule has 103 heavy (non-hydrogen) atoms. The minimum absolute atomic E-state index is 0.466. The van der Waals surface area contributed by atoms with Crippen molar-refractivity contribution in [2.45, 2.75) is 306 Å². The number of amides is 3. The second-order valence-corrected chi connectivity index (χ2v) is 26.7. The number of aliphatic hydroxyl groups excluding tert-OH is 17. The molecular weight excluding hydrogens is 1390 g/mol. The van der Waals surface area contributed by atoms with Gasteiger partial charge in [-0.05, 0) is 12.8 Å². The quantitative estimate of drug-likeness (QED) is 0.0199. The van der Waals surface area contributed by atoms with Crippen LogP contribution in [0, 0.1) is 0 Å². The molecule has 5 aliphatic heterocycles. The number of hydrogen-bond donors (Lipinski definition) is 24. The largest absolute Gasteiger partial charge is 0.477 e. The topological polar surface area (TPSA) is 661 Å². The number of aliphatic carboxylic acids is 3. The normalized spacial score (nSPS) is 36.7. The summed E-state index contributed by atoms with van der Waals surface area (Å²) in [7, 11) is 0. The molecule has 5 fully saturated rings. The van der Waals surface area contributed by atoms with E-state index in [0.29, 0.717) is 6.42 Å². The molecule has 30 atom stereocenters. The van der Waals surface area contributed by atoms with Crippen LogP contribution in [0.1, 0.15) is 124 Å². The Balaban J connectivity index is 1.37. The fraction of sp³-hybridized carbons (Fsp3) is 0.873. The van der Waals surface area contributed by atoms with E-state index in [0.717, 1.165) is 46.5 Å². The highest BCUT2D eigenvalue weighted by atomic mass is 16.8. The van der Waals surface area contributed by atoms with E-state index < -0.39 is 277 Å². The first kappa shape index (κ1) is 89.1. The fourth-order valence-corrected chi connectivity index (χ4v) is 13.1. The first-order valence-electron chi connectivity index (χ1n) is 34.4. The standard InChI is InChI=1S/C63H108N4O36/c1-5-6-7-8-9-10-11-12-13-14-15-16-17-18-32(76)31(64)27-94-56-49(86)48(85)51(40(26-72)96-56)97-57-50(87)55(45(82)37(23-69)95-57)103-63(60(92)93)21-35(79)43(67-30(4)75)54(102-63)47(84)39(25-71)99-62(59(90)91)20-34(78)42(66-29(3)74)53(101-62)46(83)38(24-70)98-61(58(88)89)19-33(77)41(65-28(2)73)52(100-61)44(81)36(80)22-68/h17-18,31-57,68-72,76-87H,5-16,19-27,64H2,1-4H3,(H,65,73)(H,66,74)(H,67,75)(H,88,89)(H,90,91)(H,92,93)/b18-17+/t31-,32+,33-,34-,35-,36+,37+,38+,39+,40+,41+,42+,43+,44+,45-,46+,47+,48+,49+,50+,51+,52+,53+,54+,55-,56+,57-,61+,62+,63-/m0/s1. The average Bonchev–Trinajstić information content (AvgIpc) is 0.759. The van der Waals surface area contributed by atoms with E-state index in [-0.39, 0.29) is 0 Å². The van der Waals surface area contributed by atoms with Gasteiger partial charge in [-0.2, -0.15) is 0 Å². The van der Waals surface area contributed by atoms with Crippen LogP contribution in [0.15, 0.2) is 12.2 Å². The first-order valence-corrected chi connectivity index (χ1v) is 34.4. The molecule has 0 saturated carbocycles. The summed E-state index contributed by atoms with van der Waals surface area (Å²) >= 11 is 0. The van der Waals surface area contributed by atoms with Gasteiger partial charge in [0.05, 0.1) is 88.2 Å². The maximum atomic E-state index is 13.6. The number of ether oxygens (including phenoxy) is 10. The van der Waals surface area contributed by atoms with Crippen LogP contribution in [0.5, 0.6) is 0 Å². The first-order chi connectivity index (χ1) is 48.6. The van der Waals surface area contributed by atoms with E-state index in [9.17, 15) is 131 Å². The number of nitrogens with two attached hydrogens (primary N) is 1. The van der Waals surface area contributed by atoms with Gasteiger partial charge in [0.2, 0.25) is 17.7 Å². The van der Waals surface area contributed by atoms with Crippen LogP contribution >= 0.6 is 0 Å². The number of carbonyl (C=O) groups is 6. The highest BCUT2D eigenvalue weighted by molar-refractivity contribution is 5.78. The summed E-state index contributed by atoms with van der Waals surface area (Å²) < 4.78 is 57.1. The predicted molar refractivity (Wildman–Crippen MR) is 341 cm³/mol. The van der Waals surface area contributed by atoms with E-state index in [1.54, 1.807) is 6.08 Å². The summed E-state index contributed by atoms with van der Waals surface area (Å²) in [5.74, 6) is -20.1. The van der Waals surface area contributed by atoms with Crippen molar-refractivity contribution in [1.29, 1.82) is 0 Å². The number of allylic oxidation sites excluding steroid dienone is 1. The smallest absolute Gasteiger partial charge is 0.364 e. The Bertz CT molecular complexity index is 2680. The highest BCUT2D eigenvalue weighted by Gasteiger charge is 2.64. The van der Waals surface area contributed by atoms with Gasteiger partial charge in [-0.15, -0.1) is 0 Å².